The van der Waals surface area contributed by atoms with Crippen molar-refractivity contribution in [3.05, 3.63) is 28.8 Å². The van der Waals surface area contributed by atoms with E-state index in [1.54, 1.807) is 0 Å². The highest BCUT2D eigenvalue weighted by atomic mass is 35.5. The normalized spacial score (nSPS) is 28.1. The number of hydrogen-bond donors (Lipinski definition) is 1. The van der Waals surface area contributed by atoms with Gasteiger partial charge < -0.3 is 10.6 Å². The monoisotopic (exact) mass is 292 g/mol. The Labute approximate surface area is 127 Å². The lowest BCUT2D eigenvalue weighted by molar-refractivity contribution is 0.244. The summed E-state index contributed by atoms with van der Waals surface area (Å²) in [6, 6.07) is 7.12. The fourth-order valence-corrected chi connectivity index (χ4v) is 4.26. The molecule has 1 aromatic rings. The molecule has 2 fully saturated rings. The van der Waals surface area contributed by atoms with Gasteiger partial charge >= 0.3 is 0 Å². The van der Waals surface area contributed by atoms with E-state index in [0.29, 0.717) is 6.04 Å². The molecule has 0 radical (unpaired) electrons. The molecule has 1 aromatic carbocycles. The maximum atomic E-state index is 6.54. The number of nitrogens with zero attached hydrogens (tertiary/aromatic N) is 1. The number of hydrogen-bond acceptors (Lipinski definition) is 2. The number of fused-ring (bicyclic) bond motifs is 1. The first kappa shape index (κ1) is 14.2. The lowest BCUT2D eigenvalue weighted by Gasteiger charge is -2.45. The van der Waals surface area contributed by atoms with Gasteiger partial charge in [0, 0.05) is 18.6 Å². The fraction of sp³-hybridized carbons (Fsp3) is 0.647. The van der Waals surface area contributed by atoms with E-state index < -0.39 is 0 Å². The summed E-state index contributed by atoms with van der Waals surface area (Å²) in [5.74, 6) is 0.877. The summed E-state index contributed by atoms with van der Waals surface area (Å²) in [6.07, 6.45) is 8.20. The lowest BCUT2D eigenvalue weighted by Crippen LogP contribution is -2.47. The quantitative estimate of drug-likeness (QED) is 0.868. The molecule has 1 saturated heterocycles. The molecule has 0 amide bonds. The maximum absolute atomic E-state index is 6.54. The molecule has 0 bridgehead atoms. The van der Waals surface area contributed by atoms with E-state index in [0.717, 1.165) is 23.0 Å². The van der Waals surface area contributed by atoms with Crippen molar-refractivity contribution < 1.29 is 0 Å². The molecule has 2 nitrogen and oxygen atoms in total. The molecule has 2 N–H and O–H groups in total. The average molecular weight is 293 g/mol. The summed E-state index contributed by atoms with van der Waals surface area (Å²) < 4.78 is 0. The first-order valence-electron chi connectivity index (χ1n) is 7.98. The second kappa shape index (κ2) is 5.95. The van der Waals surface area contributed by atoms with Gasteiger partial charge in [0.2, 0.25) is 0 Å². The predicted molar refractivity (Wildman–Crippen MR) is 86.4 cm³/mol. The van der Waals surface area contributed by atoms with Crippen LogP contribution in [0.4, 0.5) is 5.69 Å². The van der Waals surface area contributed by atoms with Gasteiger partial charge in [0.25, 0.3) is 0 Å². The first-order chi connectivity index (χ1) is 9.66. The Kier molecular flexibility index (Phi) is 4.23. The van der Waals surface area contributed by atoms with Crippen molar-refractivity contribution >= 4 is 17.3 Å². The van der Waals surface area contributed by atoms with Crippen LogP contribution in [0, 0.1) is 5.92 Å². The summed E-state index contributed by atoms with van der Waals surface area (Å²) in [7, 11) is 0. The second-order valence-electron chi connectivity index (χ2n) is 6.45. The van der Waals surface area contributed by atoms with E-state index in [1.807, 2.05) is 13.0 Å². The number of halogens is 1. The van der Waals surface area contributed by atoms with Crippen LogP contribution in [0.2, 0.25) is 5.02 Å². The topological polar surface area (TPSA) is 29.3 Å². The van der Waals surface area contributed by atoms with Crippen molar-refractivity contribution in [2.24, 2.45) is 11.7 Å². The van der Waals surface area contributed by atoms with Gasteiger partial charge in [-0.2, -0.15) is 0 Å². The lowest BCUT2D eigenvalue weighted by atomic mass is 9.78. The molecule has 0 aromatic heterocycles. The minimum absolute atomic E-state index is 0.0466. The zero-order valence-corrected chi connectivity index (χ0v) is 13.1. The SMILES string of the molecule is C[C@H](N)c1ccc(N2CCC[C@H]3CCCC[C@H]32)c(Cl)c1. The Bertz CT molecular complexity index is 470. The van der Waals surface area contributed by atoms with Crippen LogP contribution in [0.3, 0.4) is 0 Å². The maximum Gasteiger partial charge on any atom is 0.0642 e. The number of anilines is 1. The van der Waals surface area contributed by atoms with Crippen molar-refractivity contribution in [1.82, 2.24) is 0 Å². The van der Waals surface area contributed by atoms with Crippen LogP contribution in [0.25, 0.3) is 0 Å². The van der Waals surface area contributed by atoms with E-state index >= 15 is 0 Å². The van der Waals surface area contributed by atoms with Crippen LogP contribution in [0.15, 0.2) is 18.2 Å². The van der Waals surface area contributed by atoms with Gasteiger partial charge in [0.1, 0.15) is 0 Å². The average Bonchev–Trinajstić information content (AvgIpc) is 2.46. The van der Waals surface area contributed by atoms with E-state index in [2.05, 4.69) is 17.0 Å². The summed E-state index contributed by atoms with van der Waals surface area (Å²) in [6.45, 7) is 3.15. The summed E-state index contributed by atoms with van der Waals surface area (Å²) in [5, 5.41) is 0.867. The molecule has 0 spiro atoms. The predicted octanol–water partition coefficient (Wildman–Crippen LogP) is 4.52. The number of benzene rings is 1. The molecule has 1 heterocycles. The third kappa shape index (κ3) is 2.68. The van der Waals surface area contributed by atoms with Gasteiger partial charge in [-0.3, -0.25) is 0 Å². The summed E-state index contributed by atoms with van der Waals surface area (Å²) in [5.41, 5.74) is 8.28. The Balaban J connectivity index is 1.87. The molecule has 1 saturated carbocycles. The van der Waals surface area contributed by atoms with Crippen LogP contribution in [-0.2, 0) is 0 Å². The largest absolute Gasteiger partial charge is 0.367 e. The van der Waals surface area contributed by atoms with Gasteiger partial charge in [-0.25, -0.2) is 0 Å². The Morgan fingerprint density at radius 1 is 1.20 bits per heavy atom. The van der Waals surface area contributed by atoms with E-state index in [-0.39, 0.29) is 6.04 Å². The summed E-state index contributed by atoms with van der Waals surface area (Å²) in [4.78, 5) is 2.57. The molecule has 3 atom stereocenters. The number of nitrogens with two attached hydrogens (primary N) is 1. The molecule has 110 valence electrons. The van der Waals surface area contributed by atoms with Crippen LogP contribution < -0.4 is 10.6 Å². The zero-order valence-electron chi connectivity index (χ0n) is 12.3. The van der Waals surface area contributed by atoms with Crippen LogP contribution in [0.1, 0.15) is 57.1 Å². The van der Waals surface area contributed by atoms with E-state index in [1.165, 1.54) is 44.2 Å². The van der Waals surface area contributed by atoms with Crippen molar-refractivity contribution in [3.63, 3.8) is 0 Å². The number of rotatable bonds is 2. The molecule has 1 aliphatic carbocycles. The van der Waals surface area contributed by atoms with Crippen LogP contribution in [0.5, 0.6) is 0 Å². The molecular weight excluding hydrogens is 268 g/mol. The fourth-order valence-electron chi connectivity index (χ4n) is 3.96. The van der Waals surface area contributed by atoms with Crippen LogP contribution in [-0.4, -0.2) is 12.6 Å². The van der Waals surface area contributed by atoms with Crippen molar-refractivity contribution in [2.45, 2.75) is 57.5 Å². The van der Waals surface area contributed by atoms with Crippen LogP contribution >= 0.6 is 11.6 Å². The molecule has 1 aliphatic heterocycles. The molecule has 3 heteroatoms. The van der Waals surface area contributed by atoms with Crippen molar-refractivity contribution in [3.8, 4) is 0 Å². The molecule has 3 rings (SSSR count). The standard InChI is InChI=1S/C17H25ClN2/c1-12(19)14-8-9-17(15(18)11-14)20-10-4-6-13-5-2-3-7-16(13)20/h8-9,11-13,16H,2-7,10,19H2,1H3/t12-,13+,16+/m0/s1. The second-order valence-corrected chi connectivity index (χ2v) is 6.85. The third-order valence-corrected chi connectivity index (χ3v) is 5.35. The summed E-state index contributed by atoms with van der Waals surface area (Å²) >= 11 is 6.54. The highest BCUT2D eigenvalue weighted by molar-refractivity contribution is 6.33. The Morgan fingerprint density at radius 3 is 2.70 bits per heavy atom. The van der Waals surface area contributed by atoms with Crippen molar-refractivity contribution in [2.75, 3.05) is 11.4 Å². The highest BCUT2D eigenvalue weighted by Gasteiger charge is 2.33. The molecule has 20 heavy (non-hydrogen) atoms. The molecular formula is C17H25ClN2. The minimum Gasteiger partial charge on any atom is -0.367 e. The highest BCUT2D eigenvalue weighted by Crippen LogP contribution is 2.40. The first-order valence-corrected chi connectivity index (χ1v) is 8.36. The zero-order chi connectivity index (χ0) is 14.1. The van der Waals surface area contributed by atoms with Gasteiger partial charge in [0.15, 0.2) is 0 Å². The minimum atomic E-state index is 0.0466. The Hall–Kier alpha value is -0.730. The van der Waals surface area contributed by atoms with E-state index in [9.17, 15) is 0 Å². The number of piperidine rings is 1. The van der Waals surface area contributed by atoms with Crippen molar-refractivity contribution in [1.29, 1.82) is 0 Å². The van der Waals surface area contributed by atoms with Gasteiger partial charge in [-0.15, -0.1) is 0 Å². The Morgan fingerprint density at radius 2 is 1.95 bits per heavy atom. The van der Waals surface area contributed by atoms with Gasteiger partial charge in [-0.05, 0) is 56.2 Å². The van der Waals surface area contributed by atoms with Gasteiger partial charge in [0.05, 0.1) is 10.7 Å². The molecule has 0 unspecified atom stereocenters. The molecule has 2 aliphatic rings. The van der Waals surface area contributed by atoms with E-state index in [4.69, 9.17) is 17.3 Å². The van der Waals surface area contributed by atoms with Gasteiger partial charge in [-0.1, -0.05) is 30.5 Å². The smallest absolute Gasteiger partial charge is 0.0642 e. The third-order valence-electron chi connectivity index (χ3n) is 5.05.